The van der Waals surface area contributed by atoms with Gasteiger partial charge in [-0.25, -0.2) is 0 Å². The predicted octanol–water partition coefficient (Wildman–Crippen LogP) is 3.65. The lowest BCUT2D eigenvalue weighted by molar-refractivity contribution is 0.405. The van der Waals surface area contributed by atoms with E-state index in [4.69, 9.17) is 4.74 Å². The van der Waals surface area contributed by atoms with Crippen molar-refractivity contribution in [3.63, 3.8) is 0 Å². The molecule has 0 amide bonds. The summed E-state index contributed by atoms with van der Waals surface area (Å²) in [5, 5.41) is 0. The first-order valence-corrected chi connectivity index (χ1v) is 5.49. The van der Waals surface area contributed by atoms with Crippen molar-refractivity contribution < 1.29 is 4.74 Å². The second-order valence-electron chi connectivity index (χ2n) is 2.98. The zero-order valence-corrected chi connectivity index (χ0v) is 9.25. The summed E-state index contributed by atoms with van der Waals surface area (Å²) in [5.74, 6) is 0.903. The molecule has 0 atom stereocenters. The van der Waals surface area contributed by atoms with Crippen molar-refractivity contribution in [2.24, 2.45) is 0 Å². The normalized spacial score (nSPS) is 9.93. The third kappa shape index (κ3) is 2.54. The summed E-state index contributed by atoms with van der Waals surface area (Å²) in [7, 11) is 1.69. The molecular weight excluding hydrogens is 204 g/mol. The van der Waals surface area contributed by atoms with E-state index in [2.05, 4.69) is 6.07 Å². The second kappa shape index (κ2) is 4.89. The van der Waals surface area contributed by atoms with Crippen LogP contribution >= 0.6 is 11.8 Å². The van der Waals surface area contributed by atoms with Gasteiger partial charge in [0, 0.05) is 4.90 Å². The van der Waals surface area contributed by atoms with Crippen molar-refractivity contribution in [3.05, 3.63) is 54.6 Å². The van der Waals surface area contributed by atoms with E-state index in [-0.39, 0.29) is 0 Å². The molecule has 0 bridgehead atoms. The molecule has 2 heteroatoms. The van der Waals surface area contributed by atoms with E-state index in [1.807, 2.05) is 48.5 Å². The smallest absolute Gasteiger partial charge is 0.132 e. The molecule has 0 spiro atoms. The number of hydrogen-bond donors (Lipinski definition) is 0. The third-order valence-corrected chi connectivity index (χ3v) is 3.00. The molecule has 0 unspecified atom stereocenters. The molecule has 15 heavy (non-hydrogen) atoms. The summed E-state index contributed by atoms with van der Waals surface area (Å²) >= 11 is 1.66. The molecule has 1 nitrogen and oxygen atoms in total. The lowest BCUT2D eigenvalue weighted by Gasteiger charge is -2.06. The van der Waals surface area contributed by atoms with Gasteiger partial charge in [0.1, 0.15) is 5.75 Å². The summed E-state index contributed by atoms with van der Waals surface area (Å²) in [6.07, 6.45) is 0. The molecule has 2 aromatic rings. The van der Waals surface area contributed by atoms with Gasteiger partial charge in [-0.15, -0.1) is 0 Å². The maximum Gasteiger partial charge on any atom is 0.132 e. The molecule has 75 valence electrons. The summed E-state index contributed by atoms with van der Waals surface area (Å²) in [5.41, 5.74) is 0. The molecule has 0 N–H and O–H groups in total. The Morgan fingerprint density at radius 1 is 1.07 bits per heavy atom. The predicted molar refractivity (Wildman–Crippen MR) is 62.4 cm³/mol. The summed E-state index contributed by atoms with van der Waals surface area (Å²) in [6, 6.07) is 19.1. The first-order valence-electron chi connectivity index (χ1n) is 4.68. The highest BCUT2D eigenvalue weighted by atomic mass is 32.2. The molecule has 2 rings (SSSR count). The van der Waals surface area contributed by atoms with Gasteiger partial charge < -0.3 is 4.74 Å². The van der Waals surface area contributed by atoms with Crippen LogP contribution in [0.2, 0.25) is 0 Å². The van der Waals surface area contributed by atoms with Crippen molar-refractivity contribution >= 4 is 11.8 Å². The van der Waals surface area contributed by atoms with Crippen molar-refractivity contribution in [1.82, 2.24) is 0 Å². The first-order chi connectivity index (χ1) is 7.40. The molecule has 0 aliphatic rings. The first kappa shape index (κ1) is 10.1. The van der Waals surface area contributed by atoms with Crippen LogP contribution in [0.15, 0.2) is 58.3 Å². The zero-order chi connectivity index (χ0) is 10.5. The summed E-state index contributed by atoms with van der Waals surface area (Å²) in [4.78, 5) is 2.21. The van der Waals surface area contributed by atoms with Crippen LogP contribution in [0, 0.1) is 6.07 Å². The molecule has 2 aromatic carbocycles. The number of benzene rings is 2. The maximum atomic E-state index is 5.28. The SMILES string of the molecule is COc1ccccc1Sc1[c]cccc1. The minimum atomic E-state index is 0.903. The molecular formula is C13H11OS. The second-order valence-corrected chi connectivity index (χ2v) is 4.06. The number of ether oxygens (including phenoxy) is 1. The van der Waals surface area contributed by atoms with Crippen LogP contribution in [0.1, 0.15) is 0 Å². The Morgan fingerprint density at radius 3 is 2.60 bits per heavy atom. The van der Waals surface area contributed by atoms with E-state index in [1.165, 1.54) is 0 Å². The molecule has 0 saturated heterocycles. The van der Waals surface area contributed by atoms with Gasteiger partial charge in [-0.05, 0) is 24.3 Å². The van der Waals surface area contributed by atoms with E-state index in [9.17, 15) is 0 Å². The number of rotatable bonds is 3. The highest BCUT2D eigenvalue weighted by molar-refractivity contribution is 7.99. The van der Waals surface area contributed by atoms with Gasteiger partial charge in [0.25, 0.3) is 0 Å². The Morgan fingerprint density at radius 2 is 1.87 bits per heavy atom. The van der Waals surface area contributed by atoms with Crippen molar-refractivity contribution in [1.29, 1.82) is 0 Å². The van der Waals surface area contributed by atoms with E-state index in [0.717, 1.165) is 15.5 Å². The van der Waals surface area contributed by atoms with Gasteiger partial charge in [0.2, 0.25) is 0 Å². The summed E-state index contributed by atoms with van der Waals surface area (Å²) in [6.45, 7) is 0. The van der Waals surface area contributed by atoms with Crippen molar-refractivity contribution in [3.8, 4) is 5.75 Å². The van der Waals surface area contributed by atoms with Crippen LogP contribution < -0.4 is 4.74 Å². The Labute approximate surface area is 94.1 Å². The minimum absolute atomic E-state index is 0.903. The van der Waals surface area contributed by atoms with Gasteiger partial charge in [-0.2, -0.15) is 0 Å². The number of para-hydroxylation sites is 1. The monoisotopic (exact) mass is 215 g/mol. The fourth-order valence-electron chi connectivity index (χ4n) is 1.26. The molecule has 0 aliphatic heterocycles. The van der Waals surface area contributed by atoms with Crippen LogP contribution in [0.3, 0.4) is 0 Å². The Hall–Kier alpha value is -1.41. The van der Waals surface area contributed by atoms with Crippen LogP contribution in [0.5, 0.6) is 5.75 Å². The highest BCUT2D eigenvalue weighted by Crippen LogP contribution is 2.33. The average Bonchev–Trinajstić information content (AvgIpc) is 2.31. The Balaban J connectivity index is 2.24. The number of methoxy groups -OCH3 is 1. The highest BCUT2D eigenvalue weighted by Gasteiger charge is 2.02. The van der Waals surface area contributed by atoms with Crippen LogP contribution in [-0.2, 0) is 0 Å². The molecule has 0 fully saturated rings. The number of hydrogen-bond acceptors (Lipinski definition) is 2. The quantitative estimate of drug-likeness (QED) is 0.773. The van der Waals surface area contributed by atoms with E-state index < -0.39 is 0 Å². The molecule has 0 aliphatic carbocycles. The average molecular weight is 215 g/mol. The fourth-order valence-corrected chi connectivity index (χ4v) is 2.17. The summed E-state index contributed by atoms with van der Waals surface area (Å²) < 4.78 is 5.28. The molecule has 0 aromatic heterocycles. The van der Waals surface area contributed by atoms with Crippen LogP contribution in [0.25, 0.3) is 0 Å². The lowest BCUT2D eigenvalue weighted by atomic mass is 10.3. The molecule has 1 radical (unpaired) electrons. The van der Waals surface area contributed by atoms with Gasteiger partial charge >= 0.3 is 0 Å². The van der Waals surface area contributed by atoms with E-state index >= 15 is 0 Å². The van der Waals surface area contributed by atoms with Crippen LogP contribution in [0.4, 0.5) is 0 Å². The van der Waals surface area contributed by atoms with Crippen molar-refractivity contribution in [2.75, 3.05) is 7.11 Å². The van der Waals surface area contributed by atoms with Gasteiger partial charge in [-0.1, -0.05) is 42.1 Å². The van der Waals surface area contributed by atoms with E-state index in [1.54, 1.807) is 18.9 Å². The Bertz CT molecular complexity index is 426. The Kier molecular flexibility index (Phi) is 3.30. The third-order valence-electron chi connectivity index (χ3n) is 1.97. The molecule has 0 heterocycles. The molecule has 0 saturated carbocycles. The van der Waals surface area contributed by atoms with Gasteiger partial charge in [0.05, 0.1) is 12.0 Å². The van der Waals surface area contributed by atoms with Crippen LogP contribution in [-0.4, -0.2) is 7.11 Å². The minimum Gasteiger partial charge on any atom is -0.496 e. The van der Waals surface area contributed by atoms with E-state index in [0.29, 0.717) is 0 Å². The van der Waals surface area contributed by atoms with Crippen molar-refractivity contribution in [2.45, 2.75) is 9.79 Å². The van der Waals surface area contributed by atoms with Gasteiger partial charge in [0.15, 0.2) is 0 Å². The topological polar surface area (TPSA) is 9.23 Å². The standard InChI is InChI=1S/C13H11OS/c1-14-12-9-5-6-10-13(12)15-11-7-3-2-4-8-11/h2-7,9-10H,1H3. The zero-order valence-electron chi connectivity index (χ0n) is 8.44. The van der Waals surface area contributed by atoms with Gasteiger partial charge in [-0.3, -0.25) is 0 Å². The lowest BCUT2D eigenvalue weighted by Crippen LogP contribution is -1.84. The fraction of sp³-hybridized carbons (Fsp3) is 0.0769. The maximum absolute atomic E-state index is 5.28. The largest absolute Gasteiger partial charge is 0.496 e.